The minimum Gasteiger partial charge on any atom is -0.316 e. The molecule has 0 heterocycles. The first-order chi connectivity index (χ1) is 8.30. The van der Waals surface area contributed by atoms with Crippen LogP contribution in [0.1, 0.15) is 19.4 Å². The molecule has 0 aromatic heterocycles. The Kier molecular flexibility index (Phi) is 5.33. The fourth-order valence-corrected chi connectivity index (χ4v) is 3.83. The van der Waals surface area contributed by atoms with Gasteiger partial charge in [-0.05, 0) is 54.5 Å². The van der Waals surface area contributed by atoms with Gasteiger partial charge in [-0.1, -0.05) is 6.07 Å². The quantitative estimate of drug-likeness (QED) is 0.897. The lowest BCUT2D eigenvalue weighted by molar-refractivity contribution is 0.410. The Morgan fingerprint density at radius 1 is 1.39 bits per heavy atom. The SMILES string of the molecule is CNCc1ccc(Br)c(S(=O)(=O)N(C)C(C)C)c1. The molecule has 1 aromatic carbocycles. The fraction of sp³-hybridized carbons (Fsp3) is 0.500. The highest BCUT2D eigenvalue weighted by atomic mass is 79.9. The van der Waals surface area contributed by atoms with E-state index in [9.17, 15) is 8.42 Å². The Balaban J connectivity index is 3.27. The molecular weight excluding hydrogens is 316 g/mol. The second-order valence-electron chi connectivity index (χ2n) is 4.41. The van der Waals surface area contributed by atoms with Crippen LogP contribution in [-0.2, 0) is 16.6 Å². The molecule has 18 heavy (non-hydrogen) atoms. The topological polar surface area (TPSA) is 49.4 Å². The molecule has 1 N–H and O–H groups in total. The van der Waals surface area contributed by atoms with Crippen LogP contribution in [0.25, 0.3) is 0 Å². The highest BCUT2D eigenvalue weighted by Crippen LogP contribution is 2.26. The van der Waals surface area contributed by atoms with Crippen LogP contribution in [0.5, 0.6) is 0 Å². The summed E-state index contributed by atoms with van der Waals surface area (Å²) in [6.07, 6.45) is 0. The first kappa shape index (κ1) is 15.6. The predicted octanol–water partition coefficient (Wildman–Crippen LogP) is 2.20. The van der Waals surface area contributed by atoms with Crippen LogP contribution in [0.15, 0.2) is 27.6 Å². The third-order valence-electron chi connectivity index (χ3n) is 2.76. The maximum absolute atomic E-state index is 12.4. The molecule has 0 bridgehead atoms. The number of sulfonamides is 1. The number of hydrogen-bond donors (Lipinski definition) is 1. The smallest absolute Gasteiger partial charge is 0.244 e. The molecule has 0 amide bonds. The lowest BCUT2D eigenvalue weighted by atomic mass is 10.2. The zero-order chi connectivity index (χ0) is 13.9. The summed E-state index contributed by atoms with van der Waals surface area (Å²) in [6.45, 7) is 4.34. The maximum Gasteiger partial charge on any atom is 0.244 e. The average Bonchev–Trinajstić information content (AvgIpc) is 2.30. The standard InChI is InChI=1S/C12H19BrN2O2S/c1-9(2)15(4)18(16,17)12-7-10(8-14-3)5-6-11(12)13/h5-7,9,14H,8H2,1-4H3. The van der Waals surface area contributed by atoms with Crippen molar-refractivity contribution in [3.8, 4) is 0 Å². The first-order valence-corrected chi connectivity index (χ1v) is 7.95. The maximum atomic E-state index is 12.4. The van der Waals surface area contributed by atoms with Gasteiger partial charge in [0.25, 0.3) is 0 Å². The molecule has 0 unspecified atom stereocenters. The third-order valence-corrected chi connectivity index (χ3v) is 5.79. The fourth-order valence-electron chi connectivity index (χ4n) is 1.49. The van der Waals surface area contributed by atoms with Crippen molar-refractivity contribution in [1.29, 1.82) is 0 Å². The van der Waals surface area contributed by atoms with Crippen LogP contribution >= 0.6 is 15.9 Å². The zero-order valence-corrected chi connectivity index (χ0v) is 13.5. The highest BCUT2D eigenvalue weighted by Gasteiger charge is 2.25. The van der Waals surface area contributed by atoms with Crippen molar-refractivity contribution in [3.05, 3.63) is 28.2 Å². The highest BCUT2D eigenvalue weighted by molar-refractivity contribution is 9.10. The summed E-state index contributed by atoms with van der Waals surface area (Å²) in [4.78, 5) is 0.312. The second-order valence-corrected chi connectivity index (χ2v) is 7.23. The van der Waals surface area contributed by atoms with Crippen molar-refractivity contribution >= 4 is 26.0 Å². The minimum atomic E-state index is -3.45. The molecule has 0 spiro atoms. The summed E-state index contributed by atoms with van der Waals surface area (Å²) in [5.41, 5.74) is 0.941. The molecule has 4 nitrogen and oxygen atoms in total. The second kappa shape index (κ2) is 6.14. The molecule has 0 aliphatic carbocycles. The van der Waals surface area contributed by atoms with Gasteiger partial charge in [-0.15, -0.1) is 0 Å². The molecule has 102 valence electrons. The number of nitrogens with one attached hydrogen (secondary N) is 1. The van der Waals surface area contributed by atoms with E-state index < -0.39 is 10.0 Å². The number of halogens is 1. The van der Waals surface area contributed by atoms with Gasteiger partial charge in [0, 0.05) is 24.1 Å². The molecule has 0 radical (unpaired) electrons. The van der Waals surface area contributed by atoms with Crippen molar-refractivity contribution in [2.24, 2.45) is 0 Å². The number of benzene rings is 1. The van der Waals surface area contributed by atoms with Crippen LogP contribution in [-0.4, -0.2) is 32.9 Å². The van der Waals surface area contributed by atoms with E-state index in [-0.39, 0.29) is 6.04 Å². The summed E-state index contributed by atoms with van der Waals surface area (Å²) in [6, 6.07) is 5.30. The molecule has 0 saturated carbocycles. The van der Waals surface area contributed by atoms with Crippen molar-refractivity contribution in [2.75, 3.05) is 14.1 Å². The zero-order valence-electron chi connectivity index (χ0n) is 11.1. The first-order valence-electron chi connectivity index (χ1n) is 5.71. The van der Waals surface area contributed by atoms with E-state index in [2.05, 4.69) is 21.2 Å². The van der Waals surface area contributed by atoms with Crippen LogP contribution in [0.3, 0.4) is 0 Å². The van der Waals surface area contributed by atoms with Gasteiger partial charge < -0.3 is 5.32 Å². The Morgan fingerprint density at radius 3 is 2.50 bits per heavy atom. The van der Waals surface area contributed by atoms with Crippen molar-refractivity contribution in [3.63, 3.8) is 0 Å². The van der Waals surface area contributed by atoms with Crippen LogP contribution in [0, 0.1) is 0 Å². The van der Waals surface area contributed by atoms with E-state index >= 15 is 0 Å². The Morgan fingerprint density at radius 2 is 2.00 bits per heavy atom. The van der Waals surface area contributed by atoms with Gasteiger partial charge in [0.1, 0.15) is 0 Å². The van der Waals surface area contributed by atoms with E-state index in [1.807, 2.05) is 27.0 Å². The monoisotopic (exact) mass is 334 g/mol. The lowest BCUT2D eigenvalue weighted by Gasteiger charge is -2.22. The number of rotatable bonds is 5. The van der Waals surface area contributed by atoms with Gasteiger partial charge in [0.2, 0.25) is 10.0 Å². The number of hydrogen-bond acceptors (Lipinski definition) is 3. The molecule has 1 aromatic rings. The van der Waals surface area contributed by atoms with E-state index in [4.69, 9.17) is 0 Å². The third kappa shape index (κ3) is 3.32. The predicted molar refractivity (Wildman–Crippen MR) is 77.0 cm³/mol. The van der Waals surface area contributed by atoms with Gasteiger partial charge in [-0.3, -0.25) is 0 Å². The van der Waals surface area contributed by atoms with Gasteiger partial charge >= 0.3 is 0 Å². The normalized spacial score (nSPS) is 12.4. The van der Waals surface area contributed by atoms with E-state index in [0.29, 0.717) is 15.9 Å². The van der Waals surface area contributed by atoms with Crippen LogP contribution < -0.4 is 5.32 Å². The Hall–Kier alpha value is -0.430. The summed E-state index contributed by atoms with van der Waals surface area (Å²) in [7, 11) is -0.0268. The largest absolute Gasteiger partial charge is 0.316 e. The number of nitrogens with zero attached hydrogens (tertiary/aromatic N) is 1. The van der Waals surface area contributed by atoms with E-state index in [0.717, 1.165) is 5.56 Å². The molecule has 0 saturated heterocycles. The van der Waals surface area contributed by atoms with E-state index in [1.165, 1.54) is 4.31 Å². The van der Waals surface area contributed by atoms with Crippen molar-refractivity contribution in [2.45, 2.75) is 31.3 Å². The summed E-state index contributed by atoms with van der Waals surface area (Å²) >= 11 is 3.31. The molecule has 0 fully saturated rings. The summed E-state index contributed by atoms with van der Waals surface area (Å²) < 4.78 is 26.8. The molecular formula is C12H19BrN2O2S. The molecule has 6 heteroatoms. The summed E-state index contributed by atoms with van der Waals surface area (Å²) in [5, 5.41) is 3.01. The Labute approximate surface area is 118 Å². The van der Waals surface area contributed by atoms with Crippen molar-refractivity contribution < 1.29 is 8.42 Å². The molecule has 0 aliphatic heterocycles. The average molecular weight is 335 g/mol. The van der Waals surface area contributed by atoms with Gasteiger partial charge in [0.05, 0.1) is 4.90 Å². The van der Waals surface area contributed by atoms with Gasteiger partial charge in [0.15, 0.2) is 0 Å². The van der Waals surface area contributed by atoms with E-state index in [1.54, 1.807) is 19.2 Å². The van der Waals surface area contributed by atoms with Gasteiger partial charge in [-0.25, -0.2) is 8.42 Å². The summed E-state index contributed by atoms with van der Waals surface area (Å²) in [5.74, 6) is 0. The lowest BCUT2D eigenvalue weighted by Crippen LogP contribution is -2.33. The van der Waals surface area contributed by atoms with Gasteiger partial charge in [-0.2, -0.15) is 4.31 Å². The Bertz CT molecular complexity index is 515. The molecule has 0 aliphatic rings. The molecule has 0 atom stereocenters. The van der Waals surface area contributed by atoms with Crippen molar-refractivity contribution in [1.82, 2.24) is 9.62 Å². The van der Waals surface area contributed by atoms with Crippen LogP contribution in [0.4, 0.5) is 0 Å². The minimum absolute atomic E-state index is 0.0742. The van der Waals surface area contributed by atoms with Crippen LogP contribution in [0.2, 0.25) is 0 Å². The molecule has 1 rings (SSSR count).